The van der Waals surface area contributed by atoms with E-state index in [1.54, 1.807) is 6.08 Å². The Kier molecular flexibility index (Phi) is 6.04. The first-order valence-electron chi connectivity index (χ1n) is 5.46. The van der Waals surface area contributed by atoms with Gasteiger partial charge in [0, 0.05) is 18.8 Å². The minimum atomic E-state index is -0.219. The second-order valence-corrected chi connectivity index (χ2v) is 3.68. The van der Waals surface area contributed by atoms with Gasteiger partial charge in [-0.2, -0.15) is 0 Å². The second-order valence-electron chi connectivity index (χ2n) is 3.68. The number of piperidine rings is 1. The van der Waals surface area contributed by atoms with Gasteiger partial charge >= 0.3 is 0 Å². The molecule has 0 radical (unpaired) electrons. The number of hydrogen-bond donors (Lipinski definition) is 3. The highest BCUT2D eigenvalue weighted by Gasteiger charge is 2.10. The van der Waals surface area contributed by atoms with Gasteiger partial charge in [-0.1, -0.05) is 6.08 Å². The molecule has 1 rings (SSSR count). The van der Waals surface area contributed by atoms with E-state index in [4.69, 9.17) is 0 Å². The first kappa shape index (κ1) is 12.2. The van der Waals surface area contributed by atoms with E-state index in [2.05, 4.69) is 16.0 Å². The van der Waals surface area contributed by atoms with Crippen molar-refractivity contribution in [2.24, 2.45) is 0 Å². The predicted molar refractivity (Wildman–Crippen MR) is 61.3 cm³/mol. The quantitative estimate of drug-likeness (QED) is 0.594. The monoisotopic (exact) mass is 213 g/mol. The van der Waals surface area contributed by atoms with E-state index in [-0.39, 0.29) is 5.83 Å². The maximum absolute atomic E-state index is 13.1. The highest BCUT2D eigenvalue weighted by atomic mass is 19.1. The molecule has 0 bridgehead atoms. The Morgan fingerprint density at radius 2 is 2.20 bits per heavy atom. The summed E-state index contributed by atoms with van der Waals surface area (Å²) in [4.78, 5) is 0. The molecule has 0 aliphatic carbocycles. The molecule has 15 heavy (non-hydrogen) atoms. The molecular weight excluding hydrogens is 193 g/mol. The van der Waals surface area contributed by atoms with Crippen molar-refractivity contribution in [1.29, 1.82) is 0 Å². The molecular formula is C11H20FN3. The number of hydrogen-bond acceptors (Lipinski definition) is 3. The van der Waals surface area contributed by atoms with Gasteiger partial charge < -0.3 is 16.0 Å². The summed E-state index contributed by atoms with van der Waals surface area (Å²) in [6.45, 7) is 2.72. The Bertz CT molecular complexity index is 220. The zero-order chi connectivity index (χ0) is 10.9. The molecule has 0 saturated carbocycles. The summed E-state index contributed by atoms with van der Waals surface area (Å²) < 4.78 is 13.1. The average molecular weight is 213 g/mol. The van der Waals surface area contributed by atoms with Gasteiger partial charge in [0.05, 0.1) is 0 Å². The fourth-order valence-corrected chi connectivity index (χ4v) is 1.52. The Morgan fingerprint density at radius 3 is 2.87 bits per heavy atom. The van der Waals surface area contributed by atoms with Crippen LogP contribution >= 0.6 is 0 Å². The van der Waals surface area contributed by atoms with Gasteiger partial charge in [0.25, 0.3) is 0 Å². The molecule has 0 atom stereocenters. The summed E-state index contributed by atoms with van der Waals surface area (Å²) in [6, 6.07) is 0.412. The van der Waals surface area contributed by atoms with Gasteiger partial charge in [0.15, 0.2) is 0 Å². The van der Waals surface area contributed by atoms with Gasteiger partial charge in [-0.05, 0) is 39.1 Å². The lowest BCUT2D eigenvalue weighted by molar-refractivity contribution is 0.417. The fourth-order valence-electron chi connectivity index (χ4n) is 1.52. The summed E-state index contributed by atoms with van der Waals surface area (Å²) in [5.41, 5.74) is 0. The topological polar surface area (TPSA) is 36.1 Å². The third-order valence-corrected chi connectivity index (χ3v) is 2.40. The Labute approximate surface area is 90.8 Å². The number of halogens is 1. The first-order chi connectivity index (χ1) is 7.33. The van der Waals surface area contributed by atoms with Crippen LogP contribution in [0.1, 0.15) is 12.8 Å². The molecule has 1 aliphatic rings. The maximum Gasteiger partial charge on any atom is 0.138 e. The molecule has 0 amide bonds. The Hall–Kier alpha value is -0.870. The van der Waals surface area contributed by atoms with E-state index in [9.17, 15) is 4.39 Å². The van der Waals surface area contributed by atoms with Crippen LogP contribution in [0.5, 0.6) is 0 Å². The van der Waals surface area contributed by atoms with Gasteiger partial charge in [-0.15, -0.1) is 0 Å². The lowest BCUT2D eigenvalue weighted by Crippen LogP contribution is -2.37. The van der Waals surface area contributed by atoms with Gasteiger partial charge in [-0.25, -0.2) is 4.39 Å². The minimum Gasteiger partial charge on any atom is -0.386 e. The van der Waals surface area contributed by atoms with E-state index in [0.29, 0.717) is 12.6 Å². The van der Waals surface area contributed by atoms with Crippen molar-refractivity contribution in [3.63, 3.8) is 0 Å². The van der Waals surface area contributed by atoms with Crippen molar-refractivity contribution in [1.82, 2.24) is 16.0 Å². The smallest absolute Gasteiger partial charge is 0.138 e. The number of rotatable bonds is 5. The van der Waals surface area contributed by atoms with Gasteiger partial charge in [0.2, 0.25) is 0 Å². The molecule has 3 N–H and O–H groups in total. The fraction of sp³-hybridized carbons (Fsp3) is 0.636. The van der Waals surface area contributed by atoms with Crippen molar-refractivity contribution in [2.75, 3.05) is 26.7 Å². The number of allylic oxidation sites excluding steroid dienone is 2. The van der Waals surface area contributed by atoms with Crippen molar-refractivity contribution < 1.29 is 4.39 Å². The minimum absolute atomic E-state index is 0.219. The zero-order valence-corrected chi connectivity index (χ0v) is 9.22. The normalized spacial score (nSPS) is 19.7. The van der Waals surface area contributed by atoms with Gasteiger partial charge in [0.1, 0.15) is 5.83 Å². The van der Waals surface area contributed by atoms with Crippen molar-refractivity contribution in [3.8, 4) is 0 Å². The average Bonchev–Trinajstić information content (AvgIpc) is 2.28. The summed E-state index contributed by atoms with van der Waals surface area (Å²) in [7, 11) is 1.83. The van der Waals surface area contributed by atoms with Gasteiger partial charge in [-0.3, -0.25) is 0 Å². The van der Waals surface area contributed by atoms with Crippen LogP contribution in [0.2, 0.25) is 0 Å². The van der Waals surface area contributed by atoms with Crippen LogP contribution in [0.3, 0.4) is 0 Å². The summed E-state index contributed by atoms with van der Waals surface area (Å²) in [6.07, 6.45) is 6.82. The summed E-state index contributed by atoms with van der Waals surface area (Å²) in [5, 5.41) is 9.29. The highest BCUT2D eigenvalue weighted by molar-refractivity contribution is 5.10. The van der Waals surface area contributed by atoms with Crippen molar-refractivity contribution in [2.45, 2.75) is 18.9 Å². The molecule has 1 aliphatic heterocycles. The molecule has 4 heteroatoms. The molecule has 86 valence electrons. The van der Waals surface area contributed by atoms with E-state index in [1.807, 2.05) is 7.05 Å². The van der Waals surface area contributed by atoms with E-state index < -0.39 is 0 Å². The molecule has 1 saturated heterocycles. The van der Waals surface area contributed by atoms with E-state index in [1.165, 1.54) is 12.3 Å². The Morgan fingerprint density at radius 1 is 1.47 bits per heavy atom. The SMILES string of the molecule is CNC/C=C\C(F)=C\NC1CCNCC1. The van der Waals surface area contributed by atoms with Crippen molar-refractivity contribution in [3.05, 3.63) is 24.2 Å². The van der Waals surface area contributed by atoms with Crippen LogP contribution in [0.15, 0.2) is 24.2 Å². The van der Waals surface area contributed by atoms with Crippen LogP contribution in [0.4, 0.5) is 4.39 Å². The molecule has 0 aromatic heterocycles. The Balaban J connectivity index is 2.22. The van der Waals surface area contributed by atoms with Crippen LogP contribution < -0.4 is 16.0 Å². The lowest BCUT2D eigenvalue weighted by atomic mass is 10.1. The van der Waals surface area contributed by atoms with E-state index in [0.717, 1.165) is 25.9 Å². The number of likely N-dealkylation sites (N-methyl/N-ethyl adjacent to an activating group) is 1. The summed E-state index contributed by atoms with van der Waals surface area (Å²) >= 11 is 0. The molecule has 1 heterocycles. The maximum atomic E-state index is 13.1. The first-order valence-corrected chi connectivity index (χ1v) is 5.46. The predicted octanol–water partition coefficient (Wildman–Crippen LogP) is 0.915. The van der Waals surface area contributed by atoms with Crippen LogP contribution in [0.25, 0.3) is 0 Å². The van der Waals surface area contributed by atoms with Crippen LogP contribution in [-0.2, 0) is 0 Å². The standard InChI is InChI=1S/C11H20FN3/c1-13-6-2-3-10(12)9-15-11-4-7-14-8-5-11/h2-3,9,11,13-15H,4-8H2,1H3/b3-2-,10-9-. The van der Waals surface area contributed by atoms with Crippen molar-refractivity contribution >= 4 is 0 Å². The largest absolute Gasteiger partial charge is 0.386 e. The third-order valence-electron chi connectivity index (χ3n) is 2.40. The third kappa shape index (κ3) is 5.54. The second kappa shape index (κ2) is 7.43. The van der Waals surface area contributed by atoms with E-state index >= 15 is 0 Å². The molecule has 0 unspecified atom stereocenters. The van der Waals surface area contributed by atoms with Crippen LogP contribution in [0, 0.1) is 0 Å². The zero-order valence-electron chi connectivity index (χ0n) is 9.22. The number of nitrogens with one attached hydrogen (secondary N) is 3. The highest BCUT2D eigenvalue weighted by Crippen LogP contribution is 2.03. The molecule has 3 nitrogen and oxygen atoms in total. The molecule has 1 fully saturated rings. The molecule has 0 aromatic rings. The lowest BCUT2D eigenvalue weighted by Gasteiger charge is -2.22. The van der Waals surface area contributed by atoms with Crippen LogP contribution in [-0.4, -0.2) is 32.7 Å². The molecule has 0 aromatic carbocycles. The molecule has 0 spiro atoms. The summed E-state index contributed by atoms with van der Waals surface area (Å²) in [5.74, 6) is -0.219.